The summed E-state index contributed by atoms with van der Waals surface area (Å²) in [6.45, 7) is 2.21. The highest BCUT2D eigenvalue weighted by Crippen LogP contribution is 2.28. The standard InChI is InChI=1S/C15H17ClN2S/c1-2-14(15-17-5-6-19-15)18-13-8-10-3-4-12(16)7-11(10)9-13/h3-7,13-14,18H,2,8-9H2,1H3. The van der Waals surface area contributed by atoms with Crippen LogP contribution in [-0.2, 0) is 12.8 Å². The smallest absolute Gasteiger partial charge is 0.109 e. The highest BCUT2D eigenvalue weighted by Gasteiger charge is 2.24. The number of halogens is 1. The summed E-state index contributed by atoms with van der Waals surface area (Å²) in [5.74, 6) is 0. The third-order valence-electron chi connectivity index (χ3n) is 3.70. The van der Waals surface area contributed by atoms with Crippen molar-refractivity contribution in [3.05, 3.63) is 50.9 Å². The molecule has 1 heterocycles. The Bertz CT molecular complexity index is 553. The molecule has 0 saturated carbocycles. The Morgan fingerprint density at radius 1 is 1.42 bits per heavy atom. The maximum Gasteiger partial charge on any atom is 0.109 e. The fourth-order valence-electron chi connectivity index (χ4n) is 2.76. The molecule has 1 N–H and O–H groups in total. The molecule has 19 heavy (non-hydrogen) atoms. The van der Waals surface area contributed by atoms with Gasteiger partial charge in [0.1, 0.15) is 5.01 Å². The Morgan fingerprint density at radius 2 is 2.26 bits per heavy atom. The largest absolute Gasteiger partial charge is 0.304 e. The predicted octanol–water partition coefficient (Wildman–Crippen LogP) is 4.00. The second-order valence-electron chi connectivity index (χ2n) is 5.02. The van der Waals surface area contributed by atoms with Crippen molar-refractivity contribution in [1.82, 2.24) is 10.3 Å². The van der Waals surface area contributed by atoms with Gasteiger partial charge in [-0.1, -0.05) is 24.6 Å². The van der Waals surface area contributed by atoms with E-state index in [1.165, 1.54) is 16.1 Å². The SMILES string of the molecule is CCC(NC1Cc2ccc(Cl)cc2C1)c1nccs1. The van der Waals surface area contributed by atoms with E-state index in [-0.39, 0.29) is 0 Å². The fraction of sp³-hybridized carbons (Fsp3) is 0.400. The zero-order valence-electron chi connectivity index (χ0n) is 10.9. The van der Waals surface area contributed by atoms with Crippen molar-refractivity contribution in [3.63, 3.8) is 0 Å². The van der Waals surface area contributed by atoms with E-state index in [1.54, 1.807) is 11.3 Å². The molecule has 0 radical (unpaired) electrons. The average Bonchev–Trinajstić information content (AvgIpc) is 3.04. The van der Waals surface area contributed by atoms with Gasteiger partial charge in [0.25, 0.3) is 0 Å². The zero-order chi connectivity index (χ0) is 13.2. The van der Waals surface area contributed by atoms with Gasteiger partial charge in [0.15, 0.2) is 0 Å². The van der Waals surface area contributed by atoms with Crippen LogP contribution in [0.4, 0.5) is 0 Å². The minimum Gasteiger partial charge on any atom is -0.304 e. The van der Waals surface area contributed by atoms with Crippen LogP contribution in [-0.4, -0.2) is 11.0 Å². The Labute approximate surface area is 122 Å². The summed E-state index contributed by atoms with van der Waals surface area (Å²) in [6.07, 6.45) is 5.11. The van der Waals surface area contributed by atoms with Crippen molar-refractivity contribution in [2.75, 3.05) is 0 Å². The second-order valence-corrected chi connectivity index (χ2v) is 6.38. The van der Waals surface area contributed by atoms with Gasteiger partial charge in [0, 0.05) is 22.6 Å². The topological polar surface area (TPSA) is 24.9 Å². The molecule has 3 rings (SSSR count). The lowest BCUT2D eigenvalue weighted by atomic mass is 10.1. The molecule has 0 spiro atoms. The molecule has 0 aliphatic heterocycles. The summed E-state index contributed by atoms with van der Waals surface area (Å²) >= 11 is 7.79. The molecule has 2 aromatic rings. The van der Waals surface area contributed by atoms with Crippen LogP contribution in [0.2, 0.25) is 5.02 Å². The van der Waals surface area contributed by atoms with Crippen LogP contribution in [0.25, 0.3) is 0 Å². The fourth-order valence-corrected chi connectivity index (χ4v) is 3.74. The molecule has 1 aliphatic carbocycles. The molecule has 2 nitrogen and oxygen atoms in total. The van der Waals surface area contributed by atoms with Crippen molar-refractivity contribution in [2.45, 2.75) is 38.3 Å². The van der Waals surface area contributed by atoms with Crippen LogP contribution < -0.4 is 5.32 Å². The average molecular weight is 293 g/mol. The monoisotopic (exact) mass is 292 g/mol. The van der Waals surface area contributed by atoms with Gasteiger partial charge in [-0.05, 0) is 42.5 Å². The number of fused-ring (bicyclic) bond motifs is 1. The highest BCUT2D eigenvalue weighted by atomic mass is 35.5. The van der Waals surface area contributed by atoms with Gasteiger partial charge in [0.2, 0.25) is 0 Å². The molecule has 0 bridgehead atoms. The molecule has 1 aliphatic rings. The maximum atomic E-state index is 6.06. The molecular formula is C15H17ClN2S. The Kier molecular flexibility index (Phi) is 3.87. The van der Waals surface area contributed by atoms with Gasteiger partial charge in [-0.25, -0.2) is 4.98 Å². The van der Waals surface area contributed by atoms with Crippen LogP contribution >= 0.6 is 22.9 Å². The van der Waals surface area contributed by atoms with Crippen LogP contribution in [0.5, 0.6) is 0 Å². The predicted molar refractivity (Wildman–Crippen MR) is 80.9 cm³/mol. The van der Waals surface area contributed by atoms with Gasteiger partial charge in [-0.2, -0.15) is 0 Å². The number of rotatable bonds is 4. The second kappa shape index (κ2) is 5.61. The van der Waals surface area contributed by atoms with Crippen LogP contribution in [0, 0.1) is 0 Å². The maximum absolute atomic E-state index is 6.06. The lowest BCUT2D eigenvalue weighted by Gasteiger charge is -2.19. The molecule has 1 aromatic carbocycles. The van der Waals surface area contributed by atoms with E-state index in [0.717, 1.165) is 24.3 Å². The molecule has 2 unspecified atom stereocenters. The van der Waals surface area contributed by atoms with E-state index in [4.69, 9.17) is 11.6 Å². The van der Waals surface area contributed by atoms with Crippen molar-refractivity contribution in [3.8, 4) is 0 Å². The number of hydrogen-bond donors (Lipinski definition) is 1. The number of hydrogen-bond acceptors (Lipinski definition) is 3. The van der Waals surface area contributed by atoms with Crippen molar-refractivity contribution < 1.29 is 0 Å². The third-order valence-corrected chi connectivity index (χ3v) is 4.82. The third kappa shape index (κ3) is 2.83. The summed E-state index contributed by atoms with van der Waals surface area (Å²) in [5.41, 5.74) is 2.81. The van der Waals surface area contributed by atoms with Crippen molar-refractivity contribution in [1.29, 1.82) is 0 Å². The number of nitrogens with one attached hydrogen (secondary N) is 1. The molecule has 0 saturated heterocycles. The van der Waals surface area contributed by atoms with Crippen molar-refractivity contribution >= 4 is 22.9 Å². The van der Waals surface area contributed by atoms with Crippen LogP contribution in [0.1, 0.15) is 35.5 Å². The van der Waals surface area contributed by atoms with Crippen LogP contribution in [0.3, 0.4) is 0 Å². The first-order valence-electron chi connectivity index (χ1n) is 6.69. The summed E-state index contributed by atoms with van der Waals surface area (Å²) in [5, 5.41) is 7.81. The number of aromatic nitrogens is 1. The zero-order valence-corrected chi connectivity index (χ0v) is 12.5. The number of thiazole rings is 1. The molecule has 4 heteroatoms. The van der Waals surface area contributed by atoms with Gasteiger partial charge < -0.3 is 5.32 Å². The Balaban J connectivity index is 1.69. The Morgan fingerprint density at radius 3 is 3.00 bits per heavy atom. The molecular weight excluding hydrogens is 276 g/mol. The van der Waals surface area contributed by atoms with E-state index in [0.29, 0.717) is 12.1 Å². The lowest BCUT2D eigenvalue weighted by molar-refractivity contribution is 0.434. The summed E-state index contributed by atoms with van der Waals surface area (Å²) in [6, 6.07) is 7.12. The van der Waals surface area contributed by atoms with Gasteiger partial charge in [-0.15, -0.1) is 11.3 Å². The molecule has 2 atom stereocenters. The number of benzene rings is 1. The summed E-state index contributed by atoms with van der Waals surface area (Å²) < 4.78 is 0. The van der Waals surface area contributed by atoms with Crippen LogP contribution in [0.15, 0.2) is 29.8 Å². The van der Waals surface area contributed by atoms with Gasteiger partial charge in [0.05, 0.1) is 6.04 Å². The first-order valence-corrected chi connectivity index (χ1v) is 7.94. The Hall–Kier alpha value is -0.900. The molecule has 100 valence electrons. The molecule has 1 aromatic heterocycles. The van der Waals surface area contributed by atoms with E-state index < -0.39 is 0 Å². The molecule has 0 fully saturated rings. The van der Waals surface area contributed by atoms with E-state index >= 15 is 0 Å². The number of nitrogens with zero attached hydrogens (tertiary/aromatic N) is 1. The lowest BCUT2D eigenvalue weighted by Crippen LogP contribution is -2.33. The minimum absolute atomic E-state index is 0.370. The normalized spacial score (nSPS) is 19.4. The van der Waals surface area contributed by atoms with E-state index in [1.807, 2.05) is 17.6 Å². The summed E-state index contributed by atoms with van der Waals surface area (Å²) in [4.78, 5) is 4.43. The summed E-state index contributed by atoms with van der Waals surface area (Å²) in [7, 11) is 0. The van der Waals surface area contributed by atoms with E-state index in [9.17, 15) is 0 Å². The highest BCUT2D eigenvalue weighted by molar-refractivity contribution is 7.09. The van der Waals surface area contributed by atoms with Gasteiger partial charge in [-0.3, -0.25) is 0 Å². The first kappa shape index (κ1) is 13.1. The van der Waals surface area contributed by atoms with E-state index in [2.05, 4.69) is 29.4 Å². The molecule has 0 amide bonds. The van der Waals surface area contributed by atoms with Crippen molar-refractivity contribution in [2.24, 2.45) is 0 Å². The quantitative estimate of drug-likeness (QED) is 0.921. The minimum atomic E-state index is 0.370. The first-order chi connectivity index (χ1) is 9.26. The van der Waals surface area contributed by atoms with Gasteiger partial charge >= 0.3 is 0 Å².